The molecular weight excluding hydrogens is 395 g/mol. The lowest BCUT2D eigenvalue weighted by atomic mass is 10.1. The molecule has 0 aliphatic carbocycles. The highest BCUT2D eigenvalue weighted by atomic mass is 127. The van der Waals surface area contributed by atoms with Gasteiger partial charge in [0.25, 0.3) is 0 Å². The Morgan fingerprint density at radius 1 is 1.05 bits per heavy atom. The van der Waals surface area contributed by atoms with Crippen molar-refractivity contribution in [1.82, 2.24) is 0 Å². The summed E-state index contributed by atoms with van der Waals surface area (Å²) in [5, 5.41) is 1.33. The van der Waals surface area contributed by atoms with Gasteiger partial charge < -0.3 is 0 Å². The van der Waals surface area contributed by atoms with Crippen molar-refractivity contribution in [1.29, 1.82) is 0 Å². The maximum atomic E-state index is 12.4. The molecule has 0 atom stereocenters. The summed E-state index contributed by atoms with van der Waals surface area (Å²) in [5.41, 5.74) is 3.20. The molecule has 0 saturated heterocycles. The normalized spacial score (nSPS) is 12.4. The largest absolute Gasteiger partial charge is 0.219 e. The quantitative estimate of drug-likeness (QED) is 0.679. The van der Waals surface area contributed by atoms with Crippen LogP contribution in [0.4, 0.5) is 0 Å². The molecule has 0 bridgehead atoms. The molecule has 4 heteroatoms. The summed E-state index contributed by atoms with van der Waals surface area (Å²) in [6, 6.07) is 14.9. The van der Waals surface area contributed by atoms with Crippen LogP contribution in [0.1, 0.15) is 23.6 Å². The summed E-state index contributed by atoms with van der Waals surface area (Å²) in [4.78, 5) is 0.326. The predicted molar refractivity (Wildman–Crippen MR) is 96.2 cm³/mol. The predicted octanol–water partition coefficient (Wildman–Crippen LogP) is 4.76. The van der Waals surface area contributed by atoms with Crippen LogP contribution in [-0.2, 0) is 16.3 Å². The van der Waals surface area contributed by atoms with Gasteiger partial charge in [0.15, 0.2) is 0 Å². The fourth-order valence-corrected chi connectivity index (χ4v) is 4.32. The minimum atomic E-state index is -3.41. The molecule has 2 aromatic carbocycles. The molecular formula is C17H17IO2S. The number of halogens is 1. The lowest BCUT2D eigenvalue weighted by Crippen LogP contribution is -1.97. The second-order valence-electron chi connectivity index (χ2n) is 4.87. The third-order valence-electron chi connectivity index (χ3n) is 3.25. The van der Waals surface area contributed by atoms with E-state index in [-0.39, 0.29) is 0 Å². The maximum Gasteiger partial charge on any atom is 0.200 e. The zero-order chi connectivity index (χ0) is 15.5. The van der Waals surface area contributed by atoms with Gasteiger partial charge in [0.1, 0.15) is 0 Å². The van der Waals surface area contributed by atoms with Crippen molar-refractivity contribution in [3.05, 3.63) is 70.6 Å². The lowest BCUT2D eigenvalue weighted by Gasteiger charge is -2.04. The van der Waals surface area contributed by atoms with Crippen LogP contribution in [0.3, 0.4) is 0 Å². The van der Waals surface area contributed by atoms with E-state index in [1.54, 1.807) is 12.1 Å². The van der Waals surface area contributed by atoms with E-state index in [1.807, 2.05) is 43.3 Å². The van der Waals surface area contributed by atoms with E-state index in [0.717, 1.165) is 21.1 Å². The van der Waals surface area contributed by atoms with Gasteiger partial charge in [0, 0.05) is 8.99 Å². The van der Waals surface area contributed by atoms with Gasteiger partial charge in [-0.15, -0.1) is 0 Å². The van der Waals surface area contributed by atoms with Crippen LogP contribution < -0.4 is 0 Å². The van der Waals surface area contributed by atoms with Gasteiger partial charge >= 0.3 is 0 Å². The van der Waals surface area contributed by atoms with Crippen molar-refractivity contribution in [3.63, 3.8) is 0 Å². The SMILES string of the molecule is CCc1ccc(/C(I)=C\S(=O)(=O)c2ccc(C)cc2)cc1. The lowest BCUT2D eigenvalue weighted by molar-refractivity contribution is 0.605. The number of hydrogen-bond acceptors (Lipinski definition) is 2. The van der Waals surface area contributed by atoms with Crippen molar-refractivity contribution < 1.29 is 8.42 Å². The molecule has 0 N–H and O–H groups in total. The van der Waals surface area contributed by atoms with Crippen LogP contribution in [0.5, 0.6) is 0 Å². The summed E-state index contributed by atoms with van der Waals surface area (Å²) in [5.74, 6) is 0. The third-order valence-corrected chi connectivity index (χ3v) is 6.08. The zero-order valence-corrected chi connectivity index (χ0v) is 15.0. The molecule has 110 valence electrons. The molecule has 2 rings (SSSR count). The van der Waals surface area contributed by atoms with E-state index in [4.69, 9.17) is 0 Å². The summed E-state index contributed by atoms with van der Waals surface area (Å²) < 4.78 is 25.5. The fourth-order valence-electron chi connectivity index (χ4n) is 1.90. The Morgan fingerprint density at radius 2 is 1.62 bits per heavy atom. The molecule has 0 spiro atoms. The van der Waals surface area contributed by atoms with E-state index in [1.165, 1.54) is 11.0 Å². The molecule has 0 unspecified atom stereocenters. The molecule has 0 aromatic heterocycles. The summed E-state index contributed by atoms with van der Waals surface area (Å²) in [6.45, 7) is 4.03. The molecule has 21 heavy (non-hydrogen) atoms. The Bertz CT molecular complexity index is 742. The van der Waals surface area contributed by atoms with Gasteiger partial charge in [0.2, 0.25) is 9.84 Å². The average molecular weight is 412 g/mol. The summed E-state index contributed by atoms with van der Waals surface area (Å²) >= 11 is 2.07. The third kappa shape index (κ3) is 4.17. The van der Waals surface area contributed by atoms with Crippen molar-refractivity contribution in [2.75, 3.05) is 0 Å². The van der Waals surface area contributed by atoms with Gasteiger partial charge in [-0.3, -0.25) is 0 Å². The molecule has 0 fully saturated rings. The highest BCUT2D eigenvalue weighted by Gasteiger charge is 2.12. The molecule has 0 saturated carbocycles. The first-order valence-corrected chi connectivity index (χ1v) is 9.33. The van der Waals surface area contributed by atoms with Crippen LogP contribution >= 0.6 is 22.6 Å². The Kier molecular flexibility index (Phi) is 5.22. The second kappa shape index (κ2) is 6.75. The molecule has 0 amide bonds. The highest BCUT2D eigenvalue weighted by Crippen LogP contribution is 2.26. The van der Waals surface area contributed by atoms with Crippen LogP contribution in [-0.4, -0.2) is 8.42 Å². The number of benzene rings is 2. The first-order chi connectivity index (χ1) is 9.92. The molecule has 2 nitrogen and oxygen atoms in total. The highest BCUT2D eigenvalue weighted by molar-refractivity contribution is 14.1. The van der Waals surface area contributed by atoms with Gasteiger partial charge in [-0.1, -0.05) is 48.9 Å². The summed E-state index contributed by atoms with van der Waals surface area (Å²) in [7, 11) is -3.41. The Hall–Kier alpha value is -1.14. The standard InChI is InChI=1S/C17H17IO2S/c1-3-14-6-8-15(9-7-14)17(18)12-21(19,20)16-10-4-13(2)5-11-16/h4-12H,3H2,1-2H3/b17-12+. The Balaban J connectivity index is 2.33. The zero-order valence-electron chi connectivity index (χ0n) is 12.0. The topological polar surface area (TPSA) is 34.1 Å². The number of aryl methyl sites for hydroxylation is 2. The Morgan fingerprint density at radius 3 is 2.14 bits per heavy atom. The van der Waals surface area contributed by atoms with Gasteiger partial charge in [0.05, 0.1) is 4.90 Å². The van der Waals surface area contributed by atoms with Gasteiger partial charge in [-0.25, -0.2) is 8.42 Å². The summed E-state index contributed by atoms with van der Waals surface area (Å²) in [6.07, 6.45) is 0.974. The van der Waals surface area contributed by atoms with E-state index >= 15 is 0 Å². The van der Waals surface area contributed by atoms with Crippen molar-refractivity contribution in [3.8, 4) is 0 Å². The van der Waals surface area contributed by atoms with E-state index in [9.17, 15) is 8.42 Å². The average Bonchev–Trinajstić information content (AvgIpc) is 2.47. The second-order valence-corrected chi connectivity index (χ2v) is 7.83. The van der Waals surface area contributed by atoms with Gasteiger partial charge in [-0.05, 0) is 59.2 Å². The molecule has 0 aliphatic rings. The van der Waals surface area contributed by atoms with Crippen molar-refractivity contribution in [2.45, 2.75) is 25.2 Å². The molecule has 2 aromatic rings. The number of rotatable bonds is 4. The molecule has 0 heterocycles. The van der Waals surface area contributed by atoms with Crippen LogP contribution in [0.25, 0.3) is 3.58 Å². The van der Waals surface area contributed by atoms with Gasteiger partial charge in [-0.2, -0.15) is 0 Å². The van der Waals surface area contributed by atoms with Crippen LogP contribution in [0.2, 0.25) is 0 Å². The molecule has 0 radical (unpaired) electrons. The fraction of sp³-hybridized carbons (Fsp3) is 0.176. The monoisotopic (exact) mass is 412 g/mol. The van der Waals surface area contributed by atoms with Crippen LogP contribution in [0.15, 0.2) is 58.8 Å². The van der Waals surface area contributed by atoms with E-state index in [2.05, 4.69) is 29.5 Å². The minimum absolute atomic E-state index is 0.326. The number of sulfone groups is 1. The Labute approximate surface area is 140 Å². The first kappa shape index (κ1) is 16.2. The minimum Gasteiger partial charge on any atom is -0.219 e. The smallest absolute Gasteiger partial charge is 0.200 e. The van der Waals surface area contributed by atoms with E-state index in [0.29, 0.717) is 4.90 Å². The van der Waals surface area contributed by atoms with Crippen molar-refractivity contribution >= 4 is 36.0 Å². The number of hydrogen-bond donors (Lipinski definition) is 0. The van der Waals surface area contributed by atoms with E-state index < -0.39 is 9.84 Å². The molecule has 0 aliphatic heterocycles. The van der Waals surface area contributed by atoms with Crippen LogP contribution in [0, 0.1) is 6.92 Å². The maximum absolute atomic E-state index is 12.4. The van der Waals surface area contributed by atoms with Crippen molar-refractivity contribution in [2.24, 2.45) is 0 Å². The first-order valence-electron chi connectivity index (χ1n) is 6.70.